The Morgan fingerprint density at radius 1 is 1.47 bits per heavy atom. The molecule has 0 radical (unpaired) electrons. The molecular weight excluding hydrogens is 190 g/mol. The van der Waals surface area contributed by atoms with E-state index in [9.17, 15) is 4.79 Å². The molecule has 3 nitrogen and oxygen atoms in total. The van der Waals surface area contributed by atoms with E-state index in [0.29, 0.717) is 0 Å². The quantitative estimate of drug-likeness (QED) is 0.810. The molecule has 0 bridgehead atoms. The van der Waals surface area contributed by atoms with E-state index in [2.05, 4.69) is 4.98 Å². The van der Waals surface area contributed by atoms with Crippen LogP contribution >= 0.6 is 0 Å². The lowest BCUT2D eigenvalue weighted by molar-refractivity contribution is -0.136. The fraction of sp³-hybridized carbons (Fsp3) is 0.167. The summed E-state index contributed by atoms with van der Waals surface area (Å²) in [5.41, 5.74) is 2.63. The van der Waals surface area contributed by atoms with E-state index in [0.717, 1.165) is 22.0 Å². The summed E-state index contributed by atoms with van der Waals surface area (Å²) in [6, 6.07) is 7.62. The summed E-state index contributed by atoms with van der Waals surface area (Å²) in [6.45, 7) is 1.97. The van der Waals surface area contributed by atoms with Gasteiger partial charge in [0.05, 0.1) is 11.9 Å². The summed E-state index contributed by atoms with van der Waals surface area (Å²) < 4.78 is 0. The predicted molar refractivity (Wildman–Crippen MR) is 57.8 cm³/mol. The largest absolute Gasteiger partial charge is 0.481 e. The van der Waals surface area contributed by atoms with E-state index in [-0.39, 0.29) is 6.42 Å². The van der Waals surface area contributed by atoms with Crippen molar-refractivity contribution in [2.45, 2.75) is 13.3 Å². The molecule has 0 spiro atoms. The van der Waals surface area contributed by atoms with Crippen molar-refractivity contribution < 1.29 is 9.90 Å². The van der Waals surface area contributed by atoms with E-state index in [1.54, 1.807) is 12.3 Å². The number of aliphatic carboxylic acids is 1. The average molecular weight is 201 g/mol. The molecule has 15 heavy (non-hydrogen) atoms. The van der Waals surface area contributed by atoms with Crippen LogP contribution in [0.25, 0.3) is 10.9 Å². The molecule has 0 unspecified atom stereocenters. The molecule has 1 aromatic carbocycles. The highest BCUT2D eigenvalue weighted by Gasteiger charge is 2.05. The summed E-state index contributed by atoms with van der Waals surface area (Å²) in [4.78, 5) is 14.9. The monoisotopic (exact) mass is 201 g/mol. The number of fused-ring (bicyclic) bond motifs is 1. The Morgan fingerprint density at radius 2 is 2.27 bits per heavy atom. The number of rotatable bonds is 2. The molecule has 0 amide bonds. The number of para-hydroxylation sites is 1. The highest BCUT2D eigenvalue weighted by molar-refractivity contribution is 5.85. The van der Waals surface area contributed by atoms with Crippen molar-refractivity contribution in [3.63, 3.8) is 0 Å². The van der Waals surface area contributed by atoms with Gasteiger partial charge in [-0.15, -0.1) is 0 Å². The second kappa shape index (κ2) is 3.69. The minimum Gasteiger partial charge on any atom is -0.481 e. The maximum absolute atomic E-state index is 10.7. The molecule has 3 heteroatoms. The van der Waals surface area contributed by atoms with E-state index < -0.39 is 5.97 Å². The van der Waals surface area contributed by atoms with Gasteiger partial charge >= 0.3 is 5.97 Å². The maximum Gasteiger partial charge on any atom is 0.307 e. The number of pyridine rings is 1. The van der Waals surface area contributed by atoms with Gasteiger partial charge in [-0.25, -0.2) is 0 Å². The van der Waals surface area contributed by atoms with Gasteiger partial charge in [0.1, 0.15) is 0 Å². The molecule has 2 rings (SSSR count). The number of nitrogens with zero attached hydrogens (tertiary/aromatic N) is 1. The topological polar surface area (TPSA) is 50.2 Å². The number of hydrogen-bond acceptors (Lipinski definition) is 2. The zero-order valence-electron chi connectivity index (χ0n) is 8.40. The van der Waals surface area contributed by atoms with Crippen LogP contribution in [0, 0.1) is 6.92 Å². The van der Waals surface area contributed by atoms with Crippen LogP contribution in [0.15, 0.2) is 30.5 Å². The Labute approximate surface area is 87.4 Å². The van der Waals surface area contributed by atoms with Crippen molar-refractivity contribution in [2.75, 3.05) is 0 Å². The number of carboxylic acid groups (broad SMARTS) is 1. The second-order valence-corrected chi connectivity index (χ2v) is 3.57. The van der Waals surface area contributed by atoms with Gasteiger partial charge in [-0.3, -0.25) is 9.78 Å². The number of carboxylic acids is 1. The smallest absolute Gasteiger partial charge is 0.307 e. The zero-order valence-corrected chi connectivity index (χ0v) is 8.40. The van der Waals surface area contributed by atoms with Crippen LogP contribution in [-0.2, 0) is 11.2 Å². The summed E-state index contributed by atoms with van der Waals surface area (Å²) in [7, 11) is 0. The highest BCUT2D eigenvalue weighted by Crippen LogP contribution is 2.17. The van der Waals surface area contributed by atoms with E-state index >= 15 is 0 Å². The van der Waals surface area contributed by atoms with Crippen molar-refractivity contribution in [1.29, 1.82) is 0 Å². The number of aryl methyl sites for hydroxylation is 1. The minimum atomic E-state index is -0.829. The van der Waals surface area contributed by atoms with Gasteiger partial charge in [-0.2, -0.15) is 0 Å². The lowest BCUT2D eigenvalue weighted by Crippen LogP contribution is -2.01. The molecule has 1 N–H and O–H groups in total. The van der Waals surface area contributed by atoms with Crippen molar-refractivity contribution in [2.24, 2.45) is 0 Å². The summed E-state index contributed by atoms with van der Waals surface area (Å²) in [6.07, 6.45) is 1.78. The van der Waals surface area contributed by atoms with Crippen LogP contribution < -0.4 is 0 Å². The predicted octanol–water partition coefficient (Wildman–Crippen LogP) is 2.17. The Morgan fingerprint density at radius 3 is 3.00 bits per heavy atom. The van der Waals surface area contributed by atoms with Crippen molar-refractivity contribution in [1.82, 2.24) is 4.98 Å². The van der Waals surface area contributed by atoms with E-state index in [1.165, 1.54) is 0 Å². The van der Waals surface area contributed by atoms with Gasteiger partial charge in [0.25, 0.3) is 0 Å². The molecule has 0 saturated carbocycles. The van der Waals surface area contributed by atoms with Crippen LogP contribution in [0.3, 0.4) is 0 Å². The Hall–Kier alpha value is -1.90. The average Bonchev–Trinajstić information content (AvgIpc) is 2.16. The summed E-state index contributed by atoms with van der Waals surface area (Å²) in [5.74, 6) is -0.829. The van der Waals surface area contributed by atoms with Gasteiger partial charge in [-0.1, -0.05) is 18.2 Å². The normalized spacial score (nSPS) is 10.5. The first-order valence-electron chi connectivity index (χ1n) is 4.73. The fourth-order valence-corrected chi connectivity index (χ4v) is 1.64. The molecule has 76 valence electrons. The van der Waals surface area contributed by atoms with Crippen LogP contribution in [0.1, 0.15) is 11.1 Å². The maximum atomic E-state index is 10.7. The van der Waals surface area contributed by atoms with Crippen molar-refractivity contribution >= 4 is 16.9 Å². The Bertz CT molecular complexity index is 520. The van der Waals surface area contributed by atoms with Gasteiger partial charge in [0.2, 0.25) is 0 Å². The van der Waals surface area contributed by atoms with Crippen molar-refractivity contribution in [3.05, 3.63) is 41.6 Å². The molecule has 0 atom stereocenters. The Balaban J connectivity index is 2.60. The second-order valence-electron chi connectivity index (χ2n) is 3.57. The molecule has 0 fully saturated rings. The number of carbonyl (C=O) groups is 1. The number of hydrogen-bond donors (Lipinski definition) is 1. The molecule has 1 aromatic heterocycles. The van der Waals surface area contributed by atoms with E-state index in [4.69, 9.17) is 5.11 Å². The SMILES string of the molecule is Cc1cnc2c(CC(=O)O)cccc2c1. The molecule has 1 heterocycles. The molecule has 0 aliphatic rings. The number of benzene rings is 1. The van der Waals surface area contributed by atoms with Crippen molar-refractivity contribution in [3.8, 4) is 0 Å². The zero-order chi connectivity index (χ0) is 10.8. The summed E-state index contributed by atoms with van der Waals surface area (Å²) in [5, 5.41) is 9.75. The fourth-order valence-electron chi connectivity index (χ4n) is 1.64. The highest BCUT2D eigenvalue weighted by atomic mass is 16.4. The minimum absolute atomic E-state index is 0.0212. The molecule has 0 saturated heterocycles. The van der Waals surface area contributed by atoms with Crippen LogP contribution in [0.2, 0.25) is 0 Å². The first kappa shape index (κ1) is 9.65. The first-order chi connectivity index (χ1) is 7.16. The lowest BCUT2D eigenvalue weighted by atomic mass is 10.1. The molecule has 0 aliphatic carbocycles. The third kappa shape index (κ3) is 1.96. The lowest BCUT2D eigenvalue weighted by Gasteiger charge is -2.03. The molecule has 2 aromatic rings. The first-order valence-corrected chi connectivity index (χ1v) is 4.73. The van der Waals surface area contributed by atoms with Crippen LogP contribution in [-0.4, -0.2) is 16.1 Å². The molecule has 0 aliphatic heterocycles. The third-order valence-electron chi connectivity index (χ3n) is 2.27. The molecular formula is C12H11NO2. The standard InChI is InChI=1S/C12H11NO2/c1-8-5-9-3-2-4-10(6-11(14)15)12(9)13-7-8/h2-5,7H,6H2,1H3,(H,14,15). The summed E-state index contributed by atoms with van der Waals surface area (Å²) >= 11 is 0. The Kier molecular flexibility index (Phi) is 2.37. The van der Waals surface area contributed by atoms with Crippen LogP contribution in [0.4, 0.5) is 0 Å². The third-order valence-corrected chi connectivity index (χ3v) is 2.27. The van der Waals surface area contributed by atoms with Gasteiger partial charge in [-0.05, 0) is 24.1 Å². The van der Waals surface area contributed by atoms with Crippen LogP contribution in [0.5, 0.6) is 0 Å². The van der Waals surface area contributed by atoms with Gasteiger partial charge in [0, 0.05) is 11.6 Å². The number of aromatic nitrogens is 1. The van der Waals surface area contributed by atoms with Gasteiger partial charge in [0.15, 0.2) is 0 Å². The van der Waals surface area contributed by atoms with E-state index in [1.807, 2.05) is 25.1 Å². The van der Waals surface area contributed by atoms with Gasteiger partial charge < -0.3 is 5.11 Å².